The van der Waals surface area contributed by atoms with Crippen LogP contribution in [0.1, 0.15) is 24.8 Å². The van der Waals surface area contributed by atoms with Crippen LogP contribution in [0.15, 0.2) is 24.3 Å². The molecule has 1 amide bonds. The van der Waals surface area contributed by atoms with Crippen LogP contribution in [0.3, 0.4) is 0 Å². The van der Waals surface area contributed by atoms with E-state index in [-0.39, 0.29) is 17.9 Å². The van der Waals surface area contributed by atoms with Gasteiger partial charge in [-0.25, -0.2) is 0 Å². The van der Waals surface area contributed by atoms with E-state index in [1.54, 1.807) is 31.4 Å². The molecular weight excluding hydrogens is 230 g/mol. The van der Waals surface area contributed by atoms with Crippen molar-refractivity contribution in [3.05, 3.63) is 29.8 Å². The highest BCUT2D eigenvalue weighted by molar-refractivity contribution is 5.79. The minimum Gasteiger partial charge on any atom is -0.508 e. The summed E-state index contributed by atoms with van der Waals surface area (Å²) in [5.74, 6) is 0.311. The maximum absolute atomic E-state index is 12.2. The van der Waals surface area contributed by atoms with Crippen LogP contribution in [0.25, 0.3) is 0 Å². The van der Waals surface area contributed by atoms with Gasteiger partial charge in [0.05, 0.1) is 6.42 Å². The number of rotatable bonds is 3. The van der Waals surface area contributed by atoms with Crippen LogP contribution >= 0.6 is 0 Å². The number of methoxy groups -OCH3 is 1. The zero-order chi connectivity index (χ0) is 13.0. The molecule has 0 radical (unpaired) electrons. The predicted molar refractivity (Wildman–Crippen MR) is 68.2 cm³/mol. The summed E-state index contributed by atoms with van der Waals surface area (Å²) in [6, 6.07) is 6.76. The number of piperidine rings is 1. The Balaban J connectivity index is 2.00. The molecule has 1 saturated heterocycles. The number of carbonyl (C=O) groups is 1. The Morgan fingerprint density at radius 3 is 2.78 bits per heavy atom. The Morgan fingerprint density at radius 1 is 1.39 bits per heavy atom. The molecular formula is C14H19NO3. The van der Waals surface area contributed by atoms with E-state index in [9.17, 15) is 9.90 Å². The lowest BCUT2D eigenvalue weighted by Crippen LogP contribution is -2.45. The summed E-state index contributed by atoms with van der Waals surface area (Å²) in [7, 11) is 1.65. The Hall–Kier alpha value is -1.55. The topological polar surface area (TPSA) is 49.8 Å². The van der Waals surface area contributed by atoms with E-state index in [0.717, 1.165) is 31.4 Å². The van der Waals surface area contributed by atoms with Gasteiger partial charge in [-0.1, -0.05) is 12.1 Å². The molecule has 1 heterocycles. The van der Waals surface area contributed by atoms with Crippen LogP contribution in [0.2, 0.25) is 0 Å². The van der Waals surface area contributed by atoms with Gasteiger partial charge in [0, 0.05) is 13.7 Å². The molecule has 1 fully saturated rings. The molecule has 4 nitrogen and oxygen atoms in total. The largest absolute Gasteiger partial charge is 0.508 e. The lowest BCUT2D eigenvalue weighted by atomic mass is 10.1. The molecule has 2 rings (SSSR count). The van der Waals surface area contributed by atoms with Gasteiger partial charge in [0.15, 0.2) is 0 Å². The lowest BCUT2D eigenvalue weighted by molar-refractivity contribution is -0.146. The summed E-state index contributed by atoms with van der Waals surface area (Å²) in [5.41, 5.74) is 0.915. The summed E-state index contributed by atoms with van der Waals surface area (Å²) in [6.07, 6.45) is 3.35. The number of phenolic OH excluding ortho intramolecular Hbond substituents is 1. The molecule has 4 heteroatoms. The highest BCUT2D eigenvalue weighted by Gasteiger charge is 2.26. The number of aromatic hydroxyl groups is 1. The lowest BCUT2D eigenvalue weighted by Gasteiger charge is -2.34. The monoisotopic (exact) mass is 249 g/mol. The first-order valence-electron chi connectivity index (χ1n) is 6.31. The highest BCUT2D eigenvalue weighted by atomic mass is 16.5. The first-order chi connectivity index (χ1) is 8.70. The van der Waals surface area contributed by atoms with Gasteiger partial charge < -0.3 is 14.7 Å². The first-order valence-corrected chi connectivity index (χ1v) is 6.31. The number of ether oxygens (including phenoxy) is 1. The van der Waals surface area contributed by atoms with Crippen molar-refractivity contribution in [2.45, 2.75) is 31.9 Å². The molecule has 1 aliphatic rings. The van der Waals surface area contributed by atoms with E-state index in [2.05, 4.69) is 0 Å². The van der Waals surface area contributed by atoms with Crippen LogP contribution in [0, 0.1) is 0 Å². The van der Waals surface area contributed by atoms with Crippen molar-refractivity contribution in [1.29, 1.82) is 0 Å². The standard InChI is InChI=1S/C14H19NO3/c1-18-14-4-2-3-9-15(14)13(17)10-11-5-7-12(16)8-6-11/h5-8,14,16H,2-4,9-10H2,1H3. The number of hydrogen-bond donors (Lipinski definition) is 1. The number of carbonyl (C=O) groups excluding carboxylic acids is 1. The Kier molecular flexibility index (Phi) is 4.20. The first kappa shape index (κ1) is 12.9. The van der Waals surface area contributed by atoms with Crippen LogP contribution in [-0.2, 0) is 16.0 Å². The minimum atomic E-state index is -0.0802. The second kappa shape index (κ2) is 5.87. The third kappa shape index (κ3) is 3.01. The van der Waals surface area contributed by atoms with E-state index >= 15 is 0 Å². The van der Waals surface area contributed by atoms with Crippen molar-refractivity contribution in [3.63, 3.8) is 0 Å². The van der Waals surface area contributed by atoms with E-state index in [1.807, 2.05) is 4.90 Å². The summed E-state index contributed by atoms with van der Waals surface area (Å²) in [5, 5.41) is 9.20. The van der Waals surface area contributed by atoms with Crippen LogP contribution in [0.4, 0.5) is 0 Å². The maximum atomic E-state index is 12.2. The van der Waals surface area contributed by atoms with Gasteiger partial charge in [-0.2, -0.15) is 0 Å². The molecule has 1 N–H and O–H groups in total. The SMILES string of the molecule is COC1CCCCN1C(=O)Cc1ccc(O)cc1. The average molecular weight is 249 g/mol. The van der Waals surface area contributed by atoms with E-state index < -0.39 is 0 Å². The number of nitrogens with zero attached hydrogens (tertiary/aromatic N) is 1. The quantitative estimate of drug-likeness (QED) is 0.890. The van der Waals surface area contributed by atoms with Crippen LogP contribution in [-0.4, -0.2) is 35.8 Å². The molecule has 0 bridgehead atoms. The number of benzene rings is 1. The molecule has 0 aromatic heterocycles. The molecule has 1 aromatic rings. The van der Waals surface area contributed by atoms with Crippen molar-refractivity contribution in [1.82, 2.24) is 4.90 Å². The number of hydrogen-bond acceptors (Lipinski definition) is 3. The van der Waals surface area contributed by atoms with Crippen molar-refractivity contribution in [2.24, 2.45) is 0 Å². The molecule has 18 heavy (non-hydrogen) atoms. The second-order valence-corrected chi connectivity index (χ2v) is 4.62. The molecule has 0 saturated carbocycles. The summed E-state index contributed by atoms with van der Waals surface area (Å²) < 4.78 is 5.35. The molecule has 0 aliphatic carbocycles. The molecule has 98 valence electrons. The van der Waals surface area contributed by atoms with Crippen molar-refractivity contribution < 1.29 is 14.6 Å². The van der Waals surface area contributed by atoms with Gasteiger partial charge in [-0.15, -0.1) is 0 Å². The van der Waals surface area contributed by atoms with Gasteiger partial charge in [-0.3, -0.25) is 4.79 Å². The third-order valence-electron chi connectivity index (χ3n) is 3.33. The molecule has 1 aliphatic heterocycles. The third-order valence-corrected chi connectivity index (χ3v) is 3.33. The van der Waals surface area contributed by atoms with Gasteiger partial charge >= 0.3 is 0 Å². The van der Waals surface area contributed by atoms with Gasteiger partial charge in [0.2, 0.25) is 5.91 Å². The smallest absolute Gasteiger partial charge is 0.229 e. The molecule has 1 aromatic carbocycles. The average Bonchev–Trinajstić information content (AvgIpc) is 2.41. The maximum Gasteiger partial charge on any atom is 0.229 e. The fourth-order valence-electron chi connectivity index (χ4n) is 2.32. The van der Waals surface area contributed by atoms with Crippen LogP contribution < -0.4 is 0 Å². The van der Waals surface area contributed by atoms with Crippen molar-refractivity contribution in [2.75, 3.05) is 13.7 Å². The summed E-state index contributed by atoms with van der Waals surface area (Å²) in [6.45, 7) is 0.773. The fraction of sp³-hybridized carbons (Fsp3) is 0.500. The van der Waals surface area contributed by atoms with E-state index in [0.29, 0.717) is 6.42 Å². The zero-order valence-corrected chi connectivity index (χ0v) is 10.6. The highest BCUT2D eigenvalue weighted by Crippen LogP contribution is 2.19. The normalized spacial score (nSPS) is 19.8. The fourth-order valence-corrected chi connectivity index (χ4v) is 2.32. The Morgan fingerprint density at radius 2 is 2.11 bits per heavy atom. The van der Waals surface area contributed by atoms with Crippen molar-refractivity contribution in [3.8, 4) is 5.75 Å². The Bertz CT molecular complexity index is 402. The molecule has 1 atom stereocenters. The Labute approximate surface area is 107 Å². The van der Waals surface area contributed by atoms with Gasteiger partial charge in [0.1, 0.15) is 12.0 Å². The predicted octanol–water partition coefficient (Wildman–Crippen LogP) is 1.92. The van der Waals surface area contributed by atoms with Gasteiger partial charge in [-0.05, 0) is 37.0 Å². The molecule has 0 spiro atoms. The zero-order valence-electron chi connectivity index (χ0n) is 10.6. The number of phenols is 1. The van der Waals surface area contributed by atoms with Crippen LogP contribution in [0.5, 0.6) is 5.75 Å². The molecule has 1 unspecified atom stereocenters. The number of likely N-dealkylation sites (tertiary alicyclic amines) is 1. The van der Waals surface area contributed by atoms with E-state index in [1.165, 1.54) is 0 Å². The summed E-state index contributed by atoms with van der Waals surface area (Å²) in [4.78, 5) is 14.0. The van der Waals surface area contributed by atoms with Gasteiger partial charge in [0.25, 0.3) is 0 Å². The minimum absolute atomic E-state index is 0.0802. The second-order valence-electron chi connectivity index (χ2n) is 4.62. The summed E-state index contributed by atoms with van der Waals surface area (Å²) >= 11 is 0. The van der Waals surface area contributed by atoms with E-state index in [4.69, 9.17) is 4.74 Å². The number of amides is 1. The van der Waals surface area contributed by atoms with Crippen molar-refractivity contribution >= 4 is 5.91 Å².